The summed E-state index contributed by atoms with van der Waals surface area (Å²) in [6.45, 7) is 3.71. The Hall–Kier alpha value is -0.280. The van der Waals surface area contributed by atoms with E-state index in [1.54, 1.807) is 0 Å². The Morgan fingerprint density at radius 3 is 2.75 bits per heavy atom. The summed E-state index contributed by atoms with van der Waals surface area (Å²) in [7, 11) is 0. The summed E-state index contributed by atoms with van der Waals surface area (Å²) < 4.78 is 0. The first kappa shape index (κ1) is 15.7. The van der Waals surface area contributed by atoms with Crippen LogP contribution in [0.25, 0.3) is 0 Å². The van der Waals surface area contributed by atoms with E-state index in [1.807, 2.05) is 4.90 Å². The van der Waals surface area contributed by atoms with E-state index in [0.717, 1.165) is 32.2 Å². The fraction of sp³-hybridized carbons (Fsp3) is 0.917. The van der Waals surface area contributed by atoms with Crippen LogP contribution in [-0.4, -0.2) is 29.9 Å². The Balaban J connectivity index is 0.00000225. The predicted octanol–water partition coefficient (Wildman–Crippen LogP) is 2.33. The summed E-state index contributed by atoms with van der Waals surface area (Å²) in [6.07, 6.45) is 7.54. The molecule has 3 nitrogen and oxygen atoms in total. The molecule has 2 N–H and O–H groups in total. The van der Waals surface area contributed by atoms with E-state index in [9.17, 15) is 4.79 Å². The third-order valence-electron chi connectivity index (χ3n) is 3.21. The van der Waals surface area contributed by atoms with E-state index in [-0.39, 0.29) is 12.4 Å². The van der Waals surface area contributed by atoms with Gasteiger partial charge in [-0.15, -0.1) is 12.4 Å². The second kappa shape index (κ2) is 8.82. The van der Waals surface area contributed by atoms with Gasteiger partial charge >= 0.3 is 0 Å². The number of unbranched alkanes of at least 4 members (excludes halogenated alkanes) is 2. The van der Waals surface area contributed by atoms with Crippen molar-refractivity contribution in [1.82, 2.24) is 4.90 Å². The topological polar surface area (TPSA) is 46.3 Å². The van der Waals surface area contributed by atoms with Crippen molar-refractivity contribution in [2.75, 3.05) is 13.1 Å². The summed E-state index contributed by atoms with van der Waals surface area (Å²) in [6, 6.07) is 0.313. The van der Waals surface area contributed by atoms with Crippen LogP contribution in [0.15, 0.2) is 0 Å². The first-order valence-electron chi connectivity index (χ1n) is 6.29. The largest absolute Gasteiger partial charge is 0.338 e. The summed E-state index contributed by atoms with van der Waals surface area (Å²) in [5, 5.41) is 0. The summed E-state index contributed by atoms with van der Waals surface area (Å²) in [4.78, 5) is 13.9. The number of hydrogen-bond donors (Lipinski definition) is 1. The normalized spacial score (nSPS) is 20.4. The Morgan fingerprint density at radius 2 is 2.12 bits per heavy atom. The van der Waals surface area contributed by atoms with Crippen molar-refractivity contribution in [2.24, 2.45) is 5.73 Å². The number of rotatable bonds is 5. The molecule has 1 saturated heterocycles. The van der Waals surface area contributed by atoms with Crippen LogP contribution in [0.3, 0.4) is 0 Å². The smallest absolute Gasteiger partial charge is 0.222 e. The fourth-order valence-corrected chi connectivity index (χ4v) is 2.24. The van der Waals surface area contributed by atoms with Crippen LogP contribution in [0.4, 0.5) is 0 Å². The van der Waals surface area contributed by atoms with Crippen molar-refractivity contribution in [1.29, 1.82) is 0 Å². The van der Waals surface area contributed by atoms with Gasteiger partial charge in [0.05, 0.1) is 0 Å². The van der Waals surface area contributed by atoms with E-state index < -0.39 is 0 Å². The van der Waals surface area contributed by atoms with E-state index in [0.29, 0.717) is 24.9 Å². The Bertz CT molecular complexity index is 199. The Kier molecular flexibility index (Phi) is 8.67. The van der Waals surface area contributed by atoms with Gasteiger partial charge in [0.2, 0.25) is 5.91 Å². The van der Waals surface area contributed by atoms with Gasteiger partial charge in [0.1, 0.15) is 0 Å². The maximum absolute atomic E-state index is 11.9. The lowest BCUT2D eigenvalue weighted by Crippen LogP contribution is -2.47. The van der Waals surface area contributed by atoms with Crippen LogP contribution in [0.5, 0.6) is 0 Å². The van der Waals surface area contributed by atoms with Crippen LogP contribution in [0.2, 0.25) is 0 Å². The zero-order valence-corrected chi connectivity index (χ0v) is 11.1. The first-order valence-corrected chi connectivity index (χ1v) is 6.29. The third kappa shape index (κ3) is 4.71. The van der Waals surface area contributed by atoms with Gasteiger partial charge in [-0.3, -0.25) is 4.79 Å². The van der Waals surface area contributed by atoms with Crippen LogP contribution >= 0.6 is 12.4 Å². The number of carbonyl (C=O) groups is 1. The highest BCUT2D eigenvalue weighted by Crippen LogP contribution is 2.17. The van der Waals surface area contributed by atoms with Crippen molar-refractivity contribution in [3.8, 4) is 0 Å². The van der Waals surface area contributed by atoms with Gasteiger partial charge in [-0.1, -0.05) is 19.8 Å². The number of nitrogens with two attached hydrogens (primary N) is 1. The highest BCUT2D eigenvalue weighted by atomic mass is 35.5. The molecular formula is C12H25ClN2O. The van der Waals surface area contributed by atoms with Gasteiger partial charge in [-0.05, 0) is 25.7 Å². The van der Waals surface area contributed by atoms with Crippen molar-refractivity contribution >= 4 is 18.3 Å². The van der Waals surface area contributed by atoms with Gasteiger partial charge in [0.15, 0.2) is 0 Å². The lowest BCUT2D eigenvalue weighted by molar-refractivity contribution is -0.134. The SMILES string of the molecule is CCCCCC(=O)N1CCCCC1CN.Cl. The summed E-state index contributed by atoms with van der Waals surface area (Å²) >= 11 is 0. The molecule has 1 amide bonds. The van der Waals surface area contributed by atoms with Gasteiger partial charge < -0.3 is 10.6 Å². The molecule has 1 fully saturated rings. The van der Waals surface area contributed by atoms with Crippen LogP contribution in [0.1, 0.15) is 51.9 Å². The molecule has 0 spiro atoms. The minimum absolute atomic E-state index is 0. The van der Waals surface area contributed by atoms with Crippen molar-refractivity contribution in [3.05, 3.63) is 0 Å². The molecule has 0 aromatic carbocycles. The quantitative estimate of drug-likeness (QED) is 0.759. The van der Waals surface area contributed by atoms with Crippen LogP contribution < -0.4 is 5.73 Å². The second-order valence-corrected chi connectivity index (χ2v) is 4.43. The standard InChI is InChI=1S/C12H24N2O.ClH/c1-2-3-4-8-12(15)14-9-6-5-7-11(14)10-13;/h11H,2-10,13H2,1H3;1H. The molecule has 1 rings (SSSR count). The molecule has 0 bridgehead atoms. The van der Waals surface area contributed by atoms with E-state index in [2.05, 4.69) is 6.92 Å². The zero-order valence-electron chi connectivity index (χ0n) is 10.3. The van der Waals surface area contributed by atoms with Crippen molar-refractivity contribution in [3.63, 3.8) is 0 Å². The first-order chi connectivity index (χ1) is 7.29. The lowest BCUT2D eigenvalue weighted by Gasteiger charge is -2.35. The van der Waals surface area contributed by atoms with Crippen molar-refractivity contribution < 1.29 is 4.79 Å². The molecule has 0 saturated carbocycles. The number of nitrogens with zero attached hydrogens (tertiary/aromatic N) is 1. The number of carbonyl (C=O) groups excluding carboxylic acids is 1. The average molecular weight is 249 g/mol. The van der Waals surface area contributed by atoms with Gasteiger partial charge in [-0.2, -0.15) is 0 Å². The van der Waals surface area contributed by atoms with Gasteiger partial charge in [-0.25, -0.2) is 0 Å². The molecule has 1 aliphatic heterocycles. The molecule has 1 heterocycles. The molecule has 4 heteroatoms. The van der Waals surface area contributed by atoms with E-state index >= 15 is 0 Å². The number of hydrogen-bond acceptors (Lipinski definition) is 2. The number of piperidine rings is 1. The molecule has 0 aliphatic carbocycles. The predicted molar refractivity (Wildman–Crippen MR) is 69.8 cm³/mol. The number of amides is 1. The monoisotopic (exact) mass is 248 g/mol. The van der Waals surface area contributed by atoms with E-state index in [4.69, 9.17) is 5.73 Å². The molecule has 0 aromatic heterocycles. The third-order valence-corrected chi connectivity index (χ3v) is 3.21. The van der Waals surface area contributed by atoms with Crippen LogP contribution in [0, 0.1) is 0 Å². The van der Waals surface area contributed by atoms with Gasteiger partial charge in [0, 0.05) is 25.6 Å². The highest BCUT2D eigenvalue weighted by Gasteiger charge is 2.24. The highest BCUT2D eigenvalue weighted by molar-refractivity contribution is 5.85. The average Bonchev–Trinajstić information content (AvgIpc) is 2.29. The van der Waals surface area contributed by atoms with Crippen molar-refractivity contribution in [2.45, 2.75) is 57.9 Å². The summed E-state index contributed by atoms with van der Waals surface area (Å²) in [5.74, 6) is 0.318. The number of likely N-dealkylation sites (tertiary alicyclic amines) is 1. The Morgan fingerprint density at radius 1 is 1.38 bits per heavy atom. The minimum Gasteiger partial charge on any atom is -0.338 e. The summed E-state index contributed by atoms with van der Waals surface area (Å²) in [5.41, 5.74) is 5.69. The zero-order chi connectivity index (χ0) is 11.1. The molecule has 16 heavy (non-hydrogen) atoms. The van der Waals surface area contributed by atoms with E-state index in [1.165, 1.54) is 12.8 Å². The maximum Gasteiger partial charge on any atom is 0.222 e. The maximum atomic E-state index is 11.9. The van der Waals surface area contributed by atoms with Gasteiger partial charge in [0.25, 0.3) is 0 Å². The molecule has 1 aliphatic rings. The molecule has 1 atom stereocenters. The molecule has 0 aromatic rings. The Labute approximate surface area is 105 Å². The number of halogens is 1. The van der Waals surface area contributed by atoms with Crippen LogP contribution in [-0.2, 0) is 4.79 Å². The molecular weight excluding hydrogens is 224 g/mol. The minimum atomic E-state index is 0. The lowest BCUT2D eigenvalue weighted by atomic mass is 10.0. The fourth-order valence-electron chi connectivity index (χ4n) is 2.24. The molecule has 1 unspecified atom stereocenters. The molecule has 96 valence electrons. The molecule has 0 radical (unpaired) electrons. The second-order valence-electron chi connectivity index (χ2n) is 4.43.